The fraction of sp³-hybridized carbons (Fsp3) is 0.161. The first-order chi connectivity index (χ1) is 18.6. The van der Waals surface area contributed by atoms with Gasteiger partial charge in [0.25, 0.3) is 0 Å². The molecule has 0 unspecified atom stereocenters. The van der Waals surface area contributed by atoms with Crippen LogP contribution in [0.15, 0.2) is 97.1 Å². The van der Waals surface area contributed by atoms with Crippen LogP contribution >= 0.6 is 0 Å². The van der Waals surface area contributed by atoms with E-state index in [4.69, 9.17) is 0 Å². The lowest BCUT2D eigenvalue weighted by molar-refractivity contribution is -0.137. The Morgan fingerprint density at radius 3 is 1.82 bits per heavy atom. The summed E-state index contributed by atoms with van der Waals surface area (Å²) in [6.07, 6.45) is -4.08. The molecule has 4 aromatic rings. The third kappa shape index (κ3) is 7.31. The molecule has 200 valence electrons. The third-order valence-electron chi connectivity index (χ3n) is 6.34. The van der Waals surface area contributed by atoms with Gasteiger partial charge < -0.3 is 10.0 Å². The van der Waals surface area contributed by atoms with E-state index in [0.29, 0.717) is 11.1 Å². The summed E-state index contributed by atoms with van der Waals surface area (Å²) in [7, 11) is 0. The number of aromatic carboxylic acids is 1. The van der Waals surface area contributed by atoms with Gasteiger partial charge in [0.1, 0.15) is 5.82 Å². The summed E-state index contributed by atoms with van der Waals surface area (Å²) in [4.78, 5) is 26.4. The van der Waals surface area contributed by atoms with Crippen LogP contribution in [0.5, 0.6) is 0 Å². The second kappa shape index (κ2) is 11.9. The molecule has 0 bridgehead atoms. The number of halogens is 4. The molecule has 0 aliphatic heterocycles. The van der Waals surface area contributed by atoms with Crippen molar-refractivity contribution in [3.8, 4) is 11.1 Å². The van der Waals surface area contributed by atoms with Gasteiger partial charge >= 0.3 is 12.1 Å². The highest BCUT2D eigenvalue weighted by molar-refractivity contribution is 5.96. The van der Waals surface area contributed by atoms with Crippen molar-refractivity contribution in [2.45, 2.75) is 32.1 Å². The van der Waals surface area contributed by atoms with E-state index in [1.54, 1.807) is 47.4 Å². The molecule has 0 fully saturated rings. The van der Waals surface area contributed by atoms with Crippen molar-refractivity contribution in [1.29, 1.82) is 0 Å². The third-order valence-corrected chi connectivity index (χ3v) is 6.34. The summed E-state index contributed by atoms with van der Waals surface area (Å²) in [6.45, 7) is 0.458. The topological polar surface area (TPSA) is 57.6 Å². The summed E-state index contributed by atoms with van der Waals surface area (Å²) in [5, 5.41) is 9.48. The maximum Gasteiger partial charge on any atom is 0.416 e. The maximum atomic E-state index is 13.4. The number of benzene rings is 4. The number of amides is 1. The smallest absolute Gasteiger partial charge is 0.416 e. The van der Waals surface area contributed by atoms with Crippen LogP contribution in [-0.2, 0) is 30.5 Å². The zero-order valence-electron chi connectivity index (χ0n) is 20.8. The molecule has 4 nitrogen and oxygen atoms in total. The number of hydrogen-bond acceptors (Lipinski definition) is 2. The van der Waals surface area contributed by atoms with Crippen LogP contribution in [0.25, 0.3) is 11.1 Å². The lowest BCUT2D eigenvalue weighted by Gasteiger charge is -2.23. The Morgan fingerprint density at radius 1 is 0.718 bits per heavy atom. The SMILES string of the molecule is O=C(O)c1ccccc1-c1ccc(CN(Cc2ccc(F)cc2)C(=O)CCc2ccc(C(F)(F)F)cc2)cc1. The minimum absolute atomic E-state index is 0.0800. The first-order valence-electron chi connectivity index (χ1n) is 12.2. The minimum Gasteiger partial charge on any atom is -0.478 e. The molecule has 4 aromatic carbocycles. The number of hydrogen-bond donors (Lipinski definition) is 1. The molecule has 0 saturated heterocycles. The molecule has 4 rings (SSSR count). The predicted octanol–water partition coefficient (Wildman–Crippen LogP) is 7.37. The standard InChI is InChI=1S/C31H25F4NO3/c32-26-16-9-23(10-17-26)20-36(29(37)18-11-21-7-14-25(15-8-21)31(33,34)35)19-22-5-12-24(13-6-22)27-3-1-2-4-28(27)30(38)39/h1-10,12-17H,11,18-20H2,(H,38,39). The highest BCUT2D eigenvalue weighted by atomic mass is 19.4. The molecule has 39 heavy (non-hydrogen) atoms. The fourth-order valence-corrected chi connectivity index (χ4v) is 4.24. The number of carboxylic acid groups (broad SMARTS) is 1. The van der Waals surface area contributed by atoms with Gasteiger partial charge in [0, 0.05) is 19.5 Å². The Bertz CT molecular complexity index is 1430. The molecule has 0 saturated carbocycles. The van der Waals surface area contributed by atoms with Crippen LogP contribution in [0, 0.1) is 5.82 Å². The van der Waals surface area contributed by atoms with Gasteiger partial charge in [-0.05, 0) is 64.6 Å². The van der Waals surface area contributed by atoms with E-state index in [-0.39, 0.29) is 37.4 Å². The number of carbonyl (C=O) groups is 2. The Labute approximate surface area is 223 Å². The Morgan fingerprint density at radius 2 is 1.26 bits per heavy atom. The first-order valence-corrected chi connectivity index (χ1v) is 12.2. The van der Waals surface area contributed by atoms with E-state index in [1.807, 2.05) is 12.1 Å². The van der Waals surface area contributed by atoms with Crippen LogP contribution in [-0.4, -0.2) is 21.9 Å². The second-order valence-corrected chi connectivity index (χ2v) is 9.12. The summed E-state index contributed by atoms with van der Waals surface area (Å²) < 4.78 is 51.9. The molecule has 0 aliphatic rings. The molecule has 0 aliphatic carbocycles. The van der Waals surface area contributed by atoms with Crippen LogP contribution in [0.1, 0.15) is 39.0 Å². The lowest BCUT2D eigenvalue weighted by Crippen LogP contribution is -2.30. The molecule has 0 atom stereocenters. The van der Waals surface area contributed by atoms with Crippen molar-refractivity contribution in [1.82, 2.24) is 4.90 Å². The van der Waals surface area contributed by atoms with Crippen molar-refractivity contribution < 1.29 is 32.3 Å². The number of alkyl halides is 3. The van der Waals surface area contributed by atoms with E-state index < -0.39 is 23.5 Å². The average molecular weight is 536 g/mol. The zero-order valence-corrected chi connectivity index (χ0v) is 20.8. The Kier molecular flexibility index (Phi) is 8.44. The van der Waals surface area contributed by atoms with Crippen molar-refractivity contribution in [2.24, 2.45) is 0 Å². The van der Waals surface area contributed by atoms with Gasteiger partial charge in [-0.3, -0.25) is 4.79 Å². The molecule has 0 heterocycles. The van der Waals surface area contributed by atoms with E-state index in [0.717, 1.165) is 28.8 Å². The molecule has 0 aromatic heterocycles. The van der Waals surface area contributed by atoms with Crippen molar-refractivity contribution in [2.75, 3.05) is 0 Å². The van der Waals surface area contributed by atoms with Crippen LogP contribution in [0.4, 0.5) is 17.6 Å². The summed E-state index contributed by atoms with van der Waals surface area (Å²) in [5.74, 6) is -1.63. The van der Waals surface area contributed by atoms with E-state index >= 15 is 0 Å². The van der Waals surface area contributed by atoms with Crippen LogP contribution in [0.2, 0.25) is 0 Å². The van der Waals surface area contributed by atoms with Gasteiger partial charge in [-0.15, -0.1) is 0 Å². The molecular formula is C31H25F4NO3. The number of nitrogens with zero attached hydrogens (tertiary/aromatic N) is 1. The predicted molar refractivity (Wildman–Crippen MR) is 139 cm³/mol. The number of carbonyl (C=O) groups excluding carboxylic acids is 1. The van der Waals surface area contributed by atoms with Gasteiger partial charge in [-0.1, -0.05) is 66.7 Å². The highest BCUT2D eigenvalue weighted by Crippen LogP contribution is 2.29. The van der Waals surface area contributed by atoms with Gasteiger partial charge in [0.15, 0.2) is 0 Å². The zero-order chi connectivity index (χ0) is 28.0. The van der Waals surface area contributed by atoms with E-state index in [2.05, 4.69) is 0 Å². The van der Waals surface area contributed by atoms with Gasteiger partial charge in [0.2, 0.25) is 5.91 Å². The van der Waals surface area contributed by atoms with Crippen LogP contribution in [0.3, 0.4) is 0 Å². The van der Waals surface area contributed by atoms with Crippen molar-refractivity contribution >= 4 is 11.9 Å². The molecule has 8 heteroatoms. The summed E-state index contributed by atoms with van der Waals surface area (Å²) >= 11 is 0. The number of aryl methyl sites for hydroxylation is 1. The quantitative estimate of drug-likeness (QED) is 0.228. The maximum absolute atomic E-state index is 13.4. The second-order valence-electron chi connectivity index (χ2n) is 9.12. The Hall–Kier alpha value is -4.46. The number of rotatable bonds is 9. The van der Waals surface area contributed by atoms with Gasteiger partial charge in [-0.25, -0.2) is 9.18 Å². The lowest BCUT2D eigenvalue weighted by atomic mass is 9.98. The van der Waals surface area contributed by atoms with Crippen molar-refractivity contribution in [3.05, 3.63) is 131 Å². The summed E-state index contributed by atoms with van der Waals surface area (Å²) in [6, 6.07) is 24.4. The van der Waals surface area contributed by atoms with Gasteiger partial charge in [-0.2, -0.15) is 13.2 Å². The largest absolute Gasteiger partial charge is 0.478 e. The van der Waals surface area contributed by atoms with Crippen LogP contribution < -0.4 is 0 Å². The Balaban J connectivity index is 1.50. The minimum atomic E-state index is -4.43. The number of carboxylic acids is 1. The molecule has 0 radical (unpaired) electrons. The fourth-order valence-electron chi connectivity index (χ4n) is 4.24. The van der Waals surface area contributed by atoms with E-state index in [9.17, 15) is 32.3 Å². The molecule has 1 N–H and O–H groups in total. The van der Waals surface area contributed by atoms with Gasteiger partial charge in [0.05, 0.1) is 11.1 Å². The molecule has 1 amide bonds. The van der Waals surface area contributed by atoms with Crippen molar-refractivity contribution in [3.63, 3.8) is 0 Å². The normalized spacial score (nSPS) is 11.3. The highest BCUT2D eigenvalue weighted by Gasteiger charge is 2.30. The van der Waals surface area contributed by atoms with E-state index in [1.165, 1.54) is 30.3 Å². The molecular weight excluding hydrogens is 510 g/mol. The monoisotopic (exact) mass is 535 g/mol. The molecule has 0 spiro atoms. The average Bonchev–Trinajstić information content (AvgIpc) is 2.92. The summed E-state index contributed by atoms with van der Waals surface area (Å²) in [5.41, 5.74) is 2.87. The first kappa shape index (κ1) is 27.6.